The van der Waals surface area contributed by atoms with Crippen LogP contribution in [0.15, 0.2) is 5.38 Å². The lowest BCUT2D eigenvalue weighted by Crippen LogP contribution is -2.09. The molecule has 14 heavy (non-hydrogen) atoms. The predicted octanol–water partition coefficient (Wildman–Crippen LogP) is 2.79. The lowest BCUT2D eigenvalue weighted by atomic mass is 10.1. The van der Waals surface area contributed by atoms with Gasteiger partial charge in [-0.3, -0.25) is 0 Å². The smallest absolute Gasteiger partial charge is 0.0928 e. The standard InChI is InChI=1S/C11H20N2S/c1-8(2)4-5-11-13-10(7-14-11)9(3)6-12/h7-9H,4-6,12H2,1-3H3. The molecule has 0 saturated carbocycles. The van der Waals surface area contributed by atoms with Crippen LogP contribution in [0.5, 0.6) is 0 Å². The Bertz CT molecular complexity index is 268. The van der Waals surface area contributed by atoms with Crippen LogP contribution in [0.1, 0.15) is 43.8 Å². The molecular weight excluding hydrogens is 192 g/mol. The Labute approximate surface area is 90.6 Å². The first-order valence-corrected chi connectivity index (χ1v) is 6.15. The number of rotatable bonds is 5. The minimum absolute atomic E-state index is 0.402. The van der Waals surface area contributed by atoms with Gasteiger partial charge < -0.3 is 5.73 Å². The summed E-state index contributed by atoms with van der Waals surface area (Å²) in [6.45, 7) is 7.31. The zero-order chi connectivity index (χ0) is 10.6. The molecule has 0 spiro atoms. The van der Waals surface area contributed by atoms with Gasteiger partial charge in [-0.25, -0.2) is 4.98 Å². The number of nitrogens with two attached hydrogens (primary N) is 1. The van der Waals surface area contributed by atoms with Crippen LogP contribution in [0, 0.1) is 5.92 Å². The van der Waals surface area contributed by atoms with Crippen LogP contribution in [-0.2, 0) is 6.42 Å². The molecule has 0 aromatic carbocycles. The van der Waals surface area contributed by atoms with Crippen LogP contribution in [0.25, 0.3) is 0 Å². The van der Waals surface area contributed by atoms with Crippen molar-refractivity contribution in [3.63, 3.8) is 0 Å². The van der Waals surface area contributed by atoms with E-state index in [1.54, 1.807) is 11.3 Å². The van der Waals surface area contributed by atoms with Crippen molar-refractivity contribution in [3.8, 4) is 0 Å². The lowest BCUT2D eigenvalue weighted by Gasteiger charge is -2.03. The summed E-state index contributed by atoms with van der Waals surface area (Å²) in [4.78, 5) is 4.59. The molecule has 1 heterocycles. The Morgan fingerprint density at radius 1 is 1.43 bits per heavy atom. The van der Waals surface area contributed by atoms with Gasteiger partial charge in [0, 0.05) is 17.8 Å². The van der Waals surface area contributed by atoms with E-state index in [4.69, 9.17) is 5.73 Å². The Kier molecular flexibility index (Phi) is 4.55. The number of thiazole rings is 1. The molecule has 0 amide bonds. The normalized spacial score (nSPS) is 13.5. The first kappa shape index (κ1) is 11.7. The Balaban J connectivity index is 2.50. The fraction of sp³-hybridized carbons (Fsp3) is 0.727. The van der Waals surface area contributed by atoms with Crippen molar-refractivity contribution in [2.45, 2.75) is 39.5 Å². The molecule has 0 aliphatic rings. The highest BCUT2D eigenvalue weighted by Gasteiger charge is 2.08. The Hall–Kier alpha value is -0.410. The Morgan fingerprint density at radius 2 is 2.14 bits per heavy atom. The van der Waals surface area contributed by atoms with Crippen molar-refractivity contribution in [2.75, 3.05) is 6.54 Å². The van der Waals surface area contributed by atoms with E-state index >= 15 is 0 Å². The summed E-state index contributed by atoms with van der Waals surface area (Å²) < 4.78 is 0. The average molecular weight is 212 g/mol. The number of nitrogens with zero attached hydrogens (tertiary/aromatic N) is 1. The van der Waals surface area contributed by atoms with Crippen molar-refractivity contribution >= 4 is 11.3 Å². The molecule has 80 valence electrons. The van der Waals surface area contributed by atoms with Crippen molar-refractivity contribution in [1.82, 2.24) is 4.98 Å². The number of aromatic nitrogens is 1. The summed E-state index contributed by atoms with van der Waals surface area (Å²) in [6, 6.07) is 0. The van der Waals surface area contributed by atoms with Gasteiger partial charge in [-0.1, -0.05) is 20.8 Å². The van der Waals surface area contributed by atoms with Gasteiger partial charge in [-0.05, 0) is 18.8 Å². The van der Waals surface area contributed by atoms with Crippen LogP contribution >= 0.6 is 11.3 Å². The zero-order valence-corrected chi connectivity index (χ0v) is 10.1. The number of aryl methyl sites for hydroxylation is 1. The molecule has 1 aromatic rings. The van der Waals surface area contributed by atoms with E-state index in [1.165, 1.54) is 11.4 Å². The fourth-order valence-corrected chi connectivity index (χ4v) is 2.13. The molecule has 1 unspecified atom stereocenters. The van der Waals surface area contributed by atoms with Crippen molar-refractivity contribution in [2.24, 2.45) is 11.7 Å². The van der Waals surface area contributed by atoms with Crippen LogP contribution in [0.3, 0.4) is 0 Å². The monoisotopic (exact) mass is 212 g/mol. The molecule has 0 aliphatic carbocycles. The third-order valence-electron chi connectivity index (χ3n) is 2.36. The molecule has 0 radical (unpaired) electrons. The Morgan fingerprint density at radius 3 is 2.71 bits per heavy atom. The van der Waals surface area contributed by atoms with Gasteiger partial charge in [0.15, 0.2) is 0 Å². The maximum atomic E-state index is 5.60. The second-order valence-electron chi connectivity index (χ2n) is 4.24. The van der Waals surface area contributed by atoms with Gasteiger partial charge in [0.1, 0.15) is 0 Å². The van der Waals surface area contributed by atoms with E-state index in [-0.39, 0.29) is 0 Å². The maximum absolute atomic E-state index is 5.60. The third-order valence-corrected chi connectivity index (χ3v) is 3.29. The third kappa shape index (κ3) is 3.39. The first-order chi connectivity index (χ1) is 6.63. The van der Waals surface area contributed by atoms with Gasteiger partial charge in [0.05, 0.1) is 10.7 Å². The number of hydrogen-bond donors (Lipinski definition) is 1. The van der Waals surface area contributed by atoms with Crippen LogP contribution in [0.4, 0.5) is 0 Å². The molecule has 0 saturated heterocycles. The maximum Gasteiger partial charge on any atom is 0.0928 e. The van der Waals surface area contributed by atoms with E-state index in [2.05, 4.69) is 31.1 Å². The van der Waals surface area contributed by atoms with Crippen LogP contribution < -0.4 is 5.73 Å². The van der Waals surface area contributed by atoms with Gasteiger partial charge in [-0.2, -0.15) is 0 Å². The molecule has 0 bridgehead atoms. The highest BCUT2D eigenvalue weighted by molar-refractivity contribution is 7.09. The van der Waals surface area contributed by atoms with Crippen LogP contribution in [0.2, 0.25) is 0 Å². The molecule has 3 heteroatoms. The quantitative estimate of drug-likeness (QED) is 0.815. The number of hydrogen-bond acceptors (Lipinski definition) is 3. The fourth-order valence-electron chi connectivity index (χ4n) is 1.20. The molecule has 1 rings (SSSR count). The van der Waals surface area contributed by atoms with Gasteiger partial charge >= 0.3 is 0 Å². The first-order valence-electron chi connectivity index (χ1n) is 5.27. The molecule has 0 aliphatic heterocycles. The summed E-state index contributed by atoms with van der Waals surface area (Å²) >= 11 is 1.77. The van der Waals surface area contributed by atoms with Gasteiger partial charge in [-0.15, -0.1) is 11.3 Å². The molecule has 1 aromatic heterocycles. The summed E-state index contributed by atoms with van der Waals surface area (Å²) in [7, 11) is 0. The molecule has 0 fully saturated rings. The minimum Gasteiger partial charge on any atom is -0.330 e. The molecule has 2 nitrogen and oxygen atoms in total. The summed E-state index contributed by atoms with van der Waals surface area (Å²) in [5, 5.41) is 3.40. The lowest BCUT2D eigenvalue weighted by molar-refractivity contribution is 0.584. The van der Waals surface area contributed by atoms with Crippen molar-refractivity contribution < 1.29 is 0 Å². The summed E-state index contributed by atoms with van der Waals surface area (Å²) in [6.07, 6.45) is 2.34. The molecule has 2 N–H and O–H groups in total. The largest absolute Gasteiger partial charge is 0.330 e. The van der Waals surface area contributed by atoms with E-state index in [9.17, 15) is 0 Å². The SMILES string of the molecule is CC(C)CCc1nc(C(C)CN)cs1. The van der Waals surface area contributed by atoms with Crippen molar-refractivity contribution in [1.29, 1.82) is 0 Å². The van der Waals surface area contributed by atoms with E-state index < -0.39 is 0 Å². The second kappa shape index (κ2) is 5.47. The highest BCUT2D eigenvalue weighted by atomic mass is 32.1. The summed E-state index contributed by atoms with van der Waals surface area (Å²) in [5.74, 6) is 1.16. The minimum atomic E-state index is 0.402. The van der Waals surface area contributed by atoms with Crippen molar-refractivity contribution in [3.05, 3.63) is 16.1 Å². The zero-order valence-electron chi connectivity index (χ0n) is 9.29. The average Bonchev–Trinajstić information content (AvgIpc) is 2.62. The second-order valence-corrected chi connectivity index (χ2v) is 5.18. The van der Waals surface area contributed by atoms with E-state index in [0.29, 0.717) is 12.5 Å². The van der Waals surface area contributed by atoms with E-state index in [1.807, 2.05) is 0 Å². The van der Waals surface area contributed by atoms with Crippen LogP contribution in [-0.4, -0.2) is 11.5 Å². The predicted molar refractivity (Wildman–Crippen MR) is 62.7 cm³/mol. The highest BCUT2D eigenvalue weighted by Crippen LogP contribution is 2.19. The summed E-state index contributed by atoms with van der Waals surface area (Å²) in [5.41, 5.74) is 6.76. The van der Waals surface area contributed by atoms with Gasteiger partial charge in [0.2, 0.25) is 0 Å². The van der Waals surface area contributed by atoms with E-state index in [0.717, 1.165) is 18.0 Å². The topological polar surface area (TPSA) is 38.9 Å². The molecule has 1 atom stereocenters. The molecular formula is C11H20N2S. The van der Waals surface area contributed by atoms with Gasteiger partial charge in [0.25, 0.3) is 0 Å².